The molecule has 0 spiro atoms. The van der Waals surface area contributed by atoms with Gasteiger partial charge in [-0.3, -0.25) is 19.0 Å². The lowest BCUT2D eigenvalue weighted by molar-refractivity contribution is 0.626. The molecule has 0 aliphatic carbocycles. The number of aromatic amines is 1. The van der Waals surface area contributed by atoms with Crippen molar-refractivity contribution in [1.29, 1.82) is 0 Å². The van der Waals surface area contributed by atoms with Gasteiger partial charge in [0.05, 0.1) is 12.7 Å². The zero-order valence-corrected chi connectivity index (χ0v) is 9.67. The molecule has 2 heterocycles. The van der Waals surface area contributed by atoms with Crippen LogP contribution in [0.1, 0.15) is 18.2 Å². The summed E-state index contributed by atoms with van der Waals surface area (Å²) in [6.45, 7) is 4.63. The van der Waals surface area contributed by atoms with Crippen LogP contribution in [0.4, 0.5) is 0 Å². The van der Waals surface area contributed by atoms with Crippen LogP contribution in [-0.2, 0) is 13.1 Å². The van der Waals surface area contributed by atoms with Crippen molar-refractivity contribution in [3.63, 3.8) is 0 Å². The quantitative estimate of drug-likeness (QED) is 0.777. The third kappa shape index (κ3) is 2.32. The molecule has 17 heavy (non-hydrogen) atoms. The number of aryl methyl sites for hydroxylation is 2. The van der Waals surface area contributed by atoms with Crippen molar-refractivity contribution < 1.29 is 0 Å². The fourth-order valence-electron chi connectivity index (χ4n) is 1.48. The zero-order valence-electron chi connectivity index (χ0n) is 9.67. The Morgan fingerprint density at radius 3 is 2.76 bits per heavy atom. The van der Waals surface area contributed by atoms with Crippen LogP contribution >= 0.6 is 0 Å². The molecule has 2 aromatic heterocycles. The van der Waals surface area contributed by atoms with Gasteiger partial charge in [0.15, 0.2) is 0 Å². The molecule has 0 bridgehead atoms. The maximum atomic E-state index is 11.5. The van der Waals surface area contributed by atoms with Crippen LogP contribution in [0.25, 0.3) is 0 Å². The Morgan fingerprint density at radius 2 is 2.12 bits per heavy atom. The van der Waals surface area contributed by atoms with Crippen molar-refractivity contribution in [3.8, 4) is 0 Å². The standard InChI is InChI=1S/C10H13N5O2/c1-3-15-6-8(12-13-15)5-14-4-7(2)9(16)11-10(14)17/h4,6H,3,5H2,1-2H3,(H,11,16,17). The molecule has 0 amide bonds. The second-order valence-electron chi connectivity index (χ2n) is 3.76. The molecular formula is C10H13N5O2. The normalized spacial score (nSPS) is 10.7. The van der Waals surface area contributed by atoms with Crippen molar-refractivity contribution in [1.82, 2.24) is 24.5 Å². The molecule has 0 radical (unpaired) electrons. The van der Waals surface area contributed by atoms with Crippen LogP contribution in [0.15, 0.2) is 22.0 Å². The van der Waals surface area contributed by atoms with E-state index in [1.54, 1.807) is 17.8 Å². The number of nitrogens with zero attached hydrogens (tertiary/aromatic N) is 4. The lowest BCUT2D eigenvalue weighted by Crippen LogP contribution is -2.31. The first kappa shape index (κ1) is 11.3. The maximum absolute atomic E-state index is 11.5. The Balaban J connectivity index is 2.33. The summed E-state index contributed by atoms with van der Waals surface area (Å²) in [5.41, 5.74) is 0.378. The van der Waals surface area contributed by atoms with Crippen molar-refractivity contribution in [2.24, 2.45) is 0 Å². The van der Waals surface area contributed by atoms with Gasteiger partial charge in [-0.25, -0.2) is 4.79 Å². The van der Waals surface area contributed by atoms with Gasteiger partial charge < -0.3 is 0 Å². The summed E-state index contributed by atoms with van der Waals surface area (Å²) < 4.78 is 3.08. The van der Waals surface area contributed by atoms with Crippen LogP contribution in [-0.4, -0.2) is 24.5 Å². The summed E-state index contributed by atoms with van der Waals surface area (Å²) in [5.74, 6) is 0. The van der Waals surface area contributed by atoms with E-state index in [4.69, 9.17) is 0 Å². The summed E-state index contributed by atoms with van der Waals surface area (Å²) in [4.78, 5) is 25.0. The van der Waals surface area contributed by atoms with Gasteiger partial charge in [-0.2, -0.15) is 0 Å². The van der Waals surface area contributed by atoms with Crippen LogP contribution in [0.3, 0.4) is 0 Å². The summed E-state index contributed by atoms with van der Waals surface area (Å²) in [5, 5.41) is 7.82. The Hall–Kier alpha value is -2.18. The van der Waals surface area contributed by atoms with Gasteiger partial charge in [-0.1, -0.05) is 5.21 Å². The number of nitrogens with one attached hydrogen (secondary N) is 1. The highest BCUT2D eigenvalue weighted by Gasteiger charge is 2.04. The third-order valence-electron chi connectivity index (χ3n) is 2.43. The Bertz CT molecular complexity index is 637. The van der Waals surface area contributed by atoms with Gasteiger partial charge in [-0.15, -0.1) is 5.10 Å². The minimum absolute atomic E-state index is 0.302. The number of H-pyrrole nitrogens is 1. The average Bonchev–Trinajstić information content (AvgIpc) is 2.73. The topological polar surface area (TPSA) is 85.6 Å². The second-order valence-corrected chi connectivity index (χ2v) is 3.76. The molecule has 0 aliphatic rings. The summed E-state index contributed by atoms with van der Waals surface area (Å²) >= 11 is 0. The smallest absolute Gasteiger partial charge is 0.294 e. The van der Waals surface area contributed by atoms with E-state index in [1.807, 2.05) is 6.92 Å². The largest absolute Gasteiger partial charge is 0.328 e. The van der Waals surface area contributed by atoms with Crippen molar-refractivity contribution >= 4 is 0 Å². The Morgan fingerprint density at radius 1 is 1.35 bits per heavy atom. The number of rotatable bonds is 3. The molecule has 0 saturated carbocycles. The van der Waals surface area contributed by atoms with E-state index >= 15 is 0 Å². The van der Waals surface area contributed by atoms with Gasteiger partial charge in [-0.05, 0) is 13.8 Å². The van der Waals surface area contributed by atoms with Gasteiger partial charge in [0.25, 0.3) is 5.56 Å². The summed E-state index contributed by atoms with van der Waals surface area (Å²) in [6, 6.07) is 0. The van der Waals surface area contributed by atoms with Crippen LogP contribution < -0.4 is 11.2 Å². The molecule has 90 valence electrons. The Kier molecular flexibility index (Phi) is 2.90. The average molecular weight is 235 g/mol. The van der Waals surface area contributed by atoms with E-state index in [-0.39, 0.29) is 5.56 Å². The van der Waals surface area contributed by atoms with E-state index in [0.29, 0.717) is 17.8 Å². The molecule has 7 heteroatoms. The molecule has 0 unspecified atom stereocenters. The minimum atomic E-state index is -0.438. The first-order valence-electron chi connectivity index (χ1n) is 5.29. The molecule has 0 fully saturated rings. The minimum Gasteiger partial charge on any atom is -0.294 e. The lowest BCUT2D eigenvalue weighted by Gasteiger charge is -2.02. The predicted octanol–water partition coefficient (Wildman–Crippen LogP) is -0.495. The molecule has 0 saturated heterocycles. The highest BCUT2D eigenvalue weighted by molar-refractivity contribution is 5.03. The molecule has 1 N–H and O–H groups in total. The highest BCUT2D eigenvalue weighted by atomic mass is 16.2. The molecule has 2 rings (SSSR count). The van der Waals surface area contributed by atoms with Gasteiger partial charge in [0, 0.05) is 18.3 Å². The summed E-state index contributed by atoms with van der Waals surface area (Å²) in [6.07, 6.45) is 3.29. The van der Waals surface area contributed by atoms with Crippen LogP contribution in [0, 0.1) is 6.92 Å². The van der Waals surface area contributed by atoms with Gasteiger partial charge in [0.1, 0.15) is 5.69 Å². The van der Waals surface area contributed by atoms with E-state index in [1.165, 1.54) is 10.8 Å². The maximum Gasteiger partial charge on any atom is 0.328 e. The molecule has 0 aliphatic heterocycles. The first-order valence-corrected chi connectivity index (χ1v) is 5.29. The SMILES string of the molecule is CCn1cc(Cn2cc(C)c(=O)[nH]c2=O)nn1. The fraction of sp³-hybridized carbons (Fsp3) is 0.400. The molecular weight excluding hydrogens is 222 g/mol. The van der Waals surface area contributed by atoms with Gasteiger partial charge >= 0.3 is 5.69 Å². The monoisotopic (exact) mass is 235 g/mol. The zero-order chi connectivity index (χ0) is 12.4. The highest BCUT2D eigenvalue weighted by Crippen LogP contribution is 1.95. The van der Waals surface area contributed by atoms with E-state index in [9.17, 15) is 9.59 Å². The Labute approximate surface area is 96.7 Å². The number of aromatic nitrogens is 5. The van der Waals surface area contributed by atoms with E-state index in [2.05, 4.69) is 15.3 Å². The number of hydrogen-bond donors (Lipinski definition) is 1. The molecule has 2 aromatic rings. The van der Waals surface area contributed by atoms with Gasteiger partial charge in [0.2, 0.25) is 0 Å². The third-order valence-corrected chi connectivity index (χ3v) is 2.43. The van der Waals surface area contributed by atoms with Crippen LogP contribution in [0.2, 0.25) is 0 Å². The van der Waals surface area contributed by atoms with Crippen LogP contribution in [0.5, 0.6) is 0 Å². The van der Waals surface area contributed by atoms with E-state index < -0.39 is 5.69 Å². The van der Waals surface area contributed by atoms with Crippen molar-refractivity contribution in [2.75, 3.05) is 0 Å². The van der Waals surface area contributed by atoms with Crippen molar-refractivity contribution in [3.05, 3.63) is 44.5 Å². The summed E-state index contributed by atoms with van der Waals surface area (Å²) in [7, 11) is 0. The fourth-order valence-corrected chi connectivity index (χ4v) is 1.48. The molecule has 7 nitrogen and oxygen atoms in total. The van der Waals surface area contributed by atoms with Crippen molar-refractivity contribution in [2.45, 2.75) is 26.9 Å². The predicted molar refractivity (Wildman–Crippen MR) is 60.9 cm³/mol. The second kappa shape index (κ2) is 4.36. The number of hydrogen-bond acceptors (Lipinski definition) is 4. The first-order chi connectivity index (χ1) is 8.10. The van der Waals surface area contributed by atoms with E-state index in [0.717, 1.165) is 6.54 Å². The molecule has 0 aromatic carbocycles. The molecule has 0 atom stereocenters. The lowest BCUT2D eigenvalue weighted by atomic mass is 10.4.